The summed E-state index contributed by atoms with van der Waals surface area (Å²) in [6, 6.07) is 3.61. The third-order valence-corrected chi connectivity index (χ3v) is 3.23. The maximum Gasteiger partial charge on any atom is 0.129 e. The van der Waals surface area contributed by atoms with Gasteiger partial charge in [0, 0.05) is 24.2 Å². The quantitative estimate of drug-likeness (QED) is 0.872. The van der Waals surface area contributed by atoms with E-state index in [0.29, 0.717) is 0 Å². The molecule has 18 heavy (non-hydrogen) atoms. The van der Waals surface area contributed by atoms with E-state index in [4.69, 9.17) is 4.74 Å². The van der Waals surface area contributed by atoms with Crippen molar-refractivity contribution < 1.29 is 13.5 Å². The van der Waals surface area contributed by atoms with Gasteiger partial charge in [0.15, 0.2) is 0 Å². The van der Waals surface area contributed by atoms with Gasteiger partial charge in [0.05, 0.1) is 0 Å². The summed E-state index contributed by atoms with van der Waals surface area (Å²) < 4.78 is 31.8. The molecule has 0 spiro atoms. The first-order chi connectivity index (χ1) is 8.69. The van der Waals surface area contributed by atoms with Gasteiger partial charge in [0.1, 0.15) is 23.5 Å². The fraction of sp³-hybridized carbons (Fsp3) is 0.571. The molecule has 1 aliphatic rings. The number of nitrogens with one attached hydrogen (secondary N) is 1. The van der Waals surface area contributed by atoms with E-state index < -0.39 is 11.6 Å². The number of benzene rings is 1. The lowest BCUT2D eigenvalue weighted by Crippen LogP contribution is -2.39. The lowest BCUT2D eigenvalue weighted by Gasteiger charge is -2.22. The lowest BCUT2D eigenvalue weighted by atomic mass is 10.2. The molecule has 0 heterocycles. The van der Waals surface area contributed by atoms with E-state index in [0.717, 1.165) is 38.3 Å². The van der Waals surface area contributed by atoms with Crippen molar-refractivity contribution in [2.24, 2.45) is 0 Å². The molecular weight excluding hydrogens is 236 g/mol. The van der Waals surface area contributed by atoms with Crippen LogP contribution in [0.25, 0.3) is 0 Å². The van der Waals surface area contributed by atoms with Gasteiger partial charge in [0.25, 0.3) is 0 Å². The smallest absolute Gasteiger partial charge is 0.129 e. The van der Waals surface area contributed by atoms with Crippen LogP contribution in [0.4, 0.5) is 8.78 Å². The number of rotatable bonds is 5. The minimum absolute atomic E-state index is 0.0118. The molecule has 1 aliphatic carbocycles. The minimum Gasteiger partial charge on any atom is -0.489 e. The van der Waals surface area contributed by atoms with E-state index in [-0.39, 0.29) is 17.9 Å². The molecule has 1 saturated carbocycles. The molecule has 2 atom stereocenters. The molecule has 100 valence electrons. The summed E-state index contributed by atoms with van der Waals surface area (Å²) >= 11 is 0. The van der Waals surface area contributed by atoms with Crippen molar-refractivity contribution in [1.82, 2.24) is 5.32 Å². The molecule has 0 aliphatic heterocycles. The van der Waals surface area contributed by atoms with Crippen LogP contribution in [-0.2, 0) is 0 Å². The van der Waals surface area contributed by atoms with Crippen LogP contribution in [0, 0.1) is 11.6 Å². The fourth-order valence-electron chi connectivity index (χ4n) is 2.40. The van der Waals surface area contributed by atoms with Gasteiger partial charge in [0.2, 0.25) is 0 Å². The van der Waals surface area contributed by atoms with Crippen molar-refractivity contribution in [2.75, 3.05) is 6.54 Å². The topological polar surface area (TPSA) is 21.3 Å². The second kappa shape index (κ2) is 6.14. The Hall–Kier alpha value is -1.16. The van der Waals surface area contributed by atoms with Gasteiger partial charge in [-0.2, -0.15) is 0 Å². The molecule has 1 aromatic carbocycles. The van der Waals surface area contributed by atoms with E-state index in [1.165, 1.54) is 12.1 Å². The zero-order valence-corrected chi connectivity index (χ0v) is 10.6. The van der Waals surface area contributed by atoms with Crippen LogP contribution in [0.1, 0.15) is 32.6 Å². The summed E-state index contributed by atoms with van der Waals surface area (Å²) in [4.78, 5) is 0. The van der Waals surface area contributed by atoms with E-state index in [1.807, 2.05) is 0 Å². The highest BCUT2D eigenvalue weighted by Gasteiger charge is 2.28. The Kier molecular flexibility index (Phi) is 4.53. The molecule has 2 nitrogen and oxygen atoms in total. The Balaban J connectivity index is 1.98. The van der Waals surface area contributed by atoms with Gasteiger partial charge >= 0.3 is 0 Å². The molecule has 2 unspecified atom stereocenters. The van der Waals surface area contributed by atoms with Crippen molar-refractivity contribution >= 4 is 0 Å². The Morgan fingerprint density at radius 3 is 2.61 bits per heavy atom. The molecule has 0 bridgehead atoms. The highest BCUT2D eigenvalue weighted by Crippen LogP contribution is 2.25. The Morgan fingerprint density at radius 1 is 1.22 bits per heavy atom. The Bertz CT molecular complexity index is 377. The minimum atomic E-state index is -0.596. The van der Waals surface area contributed by atoms with Gasteiger partial charge in [-0.1, -0.05) is 6.92 Å². The number of ether oxygens (including phenoxy) is 1. The predicted molar refractivity (Wildman–Crippen MR) is 66.7 cm³/mol. The second-order valence-electron chi connectivity index (χ2n) is 4.75. The van der Waals surface area contributed by atoms with E-state index in [2.05, 4.69) is 12.2 Å². The molecule has 1 aromatic rings. The molecule has 1 N–H and O–H groups in total. The van der Waals surface area contributed by atoms with Crippen LogP contribution in [0.5, 0.6) is 5.75 Å². The van der Waals surface area contributed by atoms with Crippen LogP contribution < -0.4 is 10.1 Å². The van der Waals surface area contributed by atoms with Gasteiger partial charge in [-0.25, -0.2) is 8.78 Å². The molecule has 0 aromatic heterocycles. The van der Waals surface area contributed by atoms with Gasteiger partial charge in [-0.3, -0.25) is 0 Å². The number of hydrogen-bond donors (Lipinski definition) is 1. The molecule has 2 rings (SSSR count). The second-order valence-corrected chi connectivity index (χ2v) is 4.75. The van der Waals surface area contributed by atoms with E-state index in [9.17, 15) is 8.78 Å². The average Bonchev–Trinajstić information content (AvgIpc) is 2.72. The molecular formula is C14H19F2NO. The summed E-state index contributed by atoms with van der Waals surface area (Å²) in [5.41, 5.74) is 0. The van der Waals surface area contributed by atoms with Gasteiger partial charge < -0.3 is 10.1 Å². The van der Waals surface area contributed by atoms with Crippen molar-refractivity contribution in [3.63, 3.8) is 0 Å². The van der Waals surface area contributed by atoms with Crippen molar-refractivity contribution in [2.45, 2.75) is 44.8 Å². The summed E-state index contributed by atoms with van der Waals surface area (Å²) in [5.74, 6) is -0.912. The third kappa shape index (κ3) is 3.42. The average molecular weight is 255 g/mol. The lowest BCUT2D eigenvalue weighted by molar-refractivity contribution is 0.173. The predicted octanol–water partition coefficient (Wildman–Crippen LogP) is 3.26. The zero-order valence-electron chi connectivity index (χ0n) is 10.6. The Morgan fingerprint density at radius 2 is 1.94 bits per heavy atom. The molecule has 0 radical (unpaired) electrons. The van der Waals surface area contributed by atoms with Crippen molar-refractivity contribution in [1.29, 1.82) is 0 Å². The van der Waals surface area contributed by atoms with Crippen LogP contribution >= 0.6 is 0 Å². The highest BCUT2D eigenvalue weighted by molar-refractivity contribution is 5.24. The van der Waals surface area contributed by atoms with Crippen LogP contribution in [0.3, 0.4) is 0 Å². The zero-order chi connectivity index (χ0) is 13.0. The van der Waals surface area contributed by atoms with Gasteiger partial charge in [-0.15, -0.1) is 0 Å². The van der Waals surface area contributed by atoms with Crippen molar-refractivity contribution in [3.05, 3.63) is 29.8 Å². The Labute approximate surface area is 106 Å². The maximum absolute atomic E-state index is 13.1. The summed E-state index contributed by atoms with van der Waals surface area (Å²) in [6.45, 7) is 3.06. The molecule has 1 fully saturated rings. The first-order valence-electron chi connectivity index (χ1n) is 6.55. The number of hydrogen-bond acceptors (Lipinski definition) is 2. The number of halogens is 2. The molecule has 4 heteroatoms. The van der Waals surface area contributed by atoms with Crippen LogP contribution in [0.15, 0.2) is 18.2 Å². The van der Waals surface area contributed by atoms with Crippen molar-refractivity contribution in [3.8, 4) is 5.75 Å². The largest absolute Gasteiger partial charge is 0.489 e. The van der Waals surface area contributed by atoms with E-state index >= 15 is 0 Å². The summed E-state index contributed by atoms with van der Waals surface area (Å²) in [7, 11) is 0. The monoisotopic (exact) mass is 255 g/mol. The summed E-state index contributed by atoms with van der Waals surface area (Å²) in [5, 5.41) is 3.42. The highest BCUT2D eigenvalue weighted by atomic mass is 19.1. The standard InChI is InChI=1S/C14H19F2NO/c1-2-6-17-13-4-3-5-14(13)18-12-8-10(15)7-11(16)9-12/h7-9,13-14,17H,2-6H2,1H3. The van der Waals surface area contributed by atoms with Crippen LogP contribution in [-0.4, -0.2) is 18.7 Å². The SMILES string of the molecule is CCCNC1CCCC1Oc1cc(F)cc(F)c1. The third-order valence-electron chi connectivity index (χ3n) is 3.23. The van der Waals surface area contributed by atoms with Gasteiger partial charge in [-0.05, 0) is 32.2 Å². The fourth-order valence-corrected chi connectivity index (χ4v) is 2.40. The van der Waals surface area contributed by atoms with Crippen LogP contribution in [0.2, 0.25) is 0 Å². The van der Waals surface area contributed by atoms with E-state index in [1.54, 1.807) is 0 Å². The normalized spacial score (nSPS) is 23.3. The first kappa shape index (κ1) is 13.3. The summed E-state index contributed by atoms with van der Waals surface area (Å²) in [6.07, 6.45) is 4.15. The molecule has 0 saturated heterocycles. The maximum atomic E-state index is 13.1. The first-order valence-corrected chi connectivity index (χ1v) is 6.55. The molecule has 0 amide bonds.